The number of aryl methyl sites for hydroxylation is 1. The molecule has 122 valence electrons. The van der Waals surface area contributed by atoms with Crippen molar-refractivity contribution < 1.29 is 9.18 Å². The Bertz CT molecular complexity index is 710. The molecule has 1 aromatic heterocycles. The molecular formula is C16H18ClFN4O. The molecule has 1 aliphatic rings. The van der Waals surface area contributed by atoms with Crippen LogP contribution in [0.25, 0.3) is 0 Å². The Labute approximate surface area is 139 Å². The van der Waals surface area contributed by atoms with Gasteiger partial charge in [-0.15, -0.1) is 10.2 Å². The van der Waals surface area contributed by atoms with Gasteiger partial charge >= 0.3 is 0 Å². The van der Waals surface area contributed by atoms with E-state index in [4.69, 9.17) is 11.6 Å². The van der Waals surface area contributed by atoms with Crippen LogP contribution in [0.4, 0.5) is 4.39 Å². The van der Waals surface area contributed by atoms with Gasteiger partial charge in [-0.05, 0) is 24.5 Å². The molecule has 1 aliphatic heterocycles. The lowest BCUT2D eigenvalue weighted by Crippen LogP contribution is -2.39. The molecular weight excluding hydrogens is 319 g/mol. The number of carbonyl (C=O) groups excluding carboxylic acids is 1. The molecule has 2 aromatic rings. The van der Waals surface area contributed by atoms with Gasteiger partial charge in [-0.25, -0.2) is 4.39 Å². The van der Waals surface area contributed by atoms with Gasteiger partial charge in [-0.3, -0.25) is 4.79 Å². The lowest BCUT2D eigenvalue weighted by atomic mass is 9.95. The Morgan fingerprint density at radius 2 is 2.13 bits per heavy atom. The number of hydrogen-bond acceptors (Lipinski definition) is 3. The lowest BCUT2D eigenvalue weighted by Gasteiger charge is -2.31. The summed E-state index contributed by atoms with van der Waals surface area (Å²) in [5.74, 6) is 0.700. The first-order chi connectivity index (χ1) is 11.1. The molecule has 1 aromatic carbocycles. The zero-order valence-electron chi connectivity index (χ0n) is 12.9. The molecule has 0 unspecified atom stereocenters. The Morgan fingerprint density at radius 1 is 1.39 bits per heavy atom. The summed E-state index contributed by atoms with van der Waals surface area (Å²) >= 11 is 5.76. The Balaban J connectivity index is 1.60. The average Bonchev–Trinajstić information content (AvgIpc) is 2.98. The fourth-order valence-corrected chi connectivity index (χ4v) is 3.20. The first kappa shape index (κ1) is 15.9. The number of nitrogens with zero attached hydrogens (tertiary/aromatic N) is 4. The van der Waals surface area contributed by atoms with E-state index in [-0.39, 0.29) is 17.4 Å². The van der Waals surface area contributed by atoms with E-state index in [9.17, 15) is 9.18 Å². The van der Waals surface area contributed by atoms with Gasteiger partial charge in [-0.1, -0.05) is 23.7 Å². The number of aromatic nitrogens is 3. The minimum atomic E-state index is -0.503. The van der Waals surface area contributed by atoms with E-state index in [1.54, 1.807) is 23.4 Å². The summed E-state index contributed by atoms with van der Waals surface area (Å²) in [5.41, 5.74) is 0.345. The van der Waals surface area contributed by atoms with Gasteiger partial charge in [0.1, 0.15) is 18.0 Å². The zero-order valence-corrected chi connectivity index (χ0v) is 13.6. The highest BCUT2D eigenvalue weighted by molar-refractivity contribution is 6.30. The number of carbonyl (C=O) groups is 1. The highest BCUT2D eigenvalue weighted by Gasteiger charge is 2.26. The molecule has 0 bridgehead atoms. The van der Waals surface area contributed by atoms with Crippen molar-refractivity contribution in [1.82, 2.24) is 19.7 Å². The number of piperidine rings is 1. The van der Waals surface area contributed by atoms with Crippen LogP contribution in [0.2, 0.25) is 5.02 Å². The molecule has 2 heterocycles. The SMILES string of the molecule is Cn1cnnc1C1CCN(C(=O)Cc2cccc(Cl)c2F)CC1. The highest BCUT2D eigenvalue weighted by atomic mass is 35.5. The van der Waals surface area contributed by atoms with Crippen molar-refractivity contribution in [3.8, 4) is 0 Å². The van der Waals surface area contributed by atoms with Crippen molar-refractivity contribution in [2.75, 3.05) is 13.1 Å². The summed E-state index contributed by atoms with van der Waals surface area (Å²) < 4.78 is 15.8. The summed E-state index contributed by atoms with van der Waals surface area (Å²) in [4.78, 5) is 14.2. The molecule has 1 amide bonds. The predicted octanol–water partition coefficient (Wildman–Crippen LogP) is 2.56. The van der Waals surface area contributed by atoms with Crippen LogP contribution in [-0.2, 0) is 18.3 Å². The van der Waals surface area contributed by atoms with Gasteiger partial charge in [0, 0.05) is 26.1 Å². The quantitative estimate of drug-likeness (QED) is 0.865. The summed E-state index contributed by atoms with van der Waals surface area (Å²) in [6.45, 7) is 1.30. The molecule has 0 radical (unpaired) electrons. The minimum Gasteiger partial charge on any atom is -0.342 e. The summed E-state index contributed by atoms with van der Waals surface area (Å²) in [6.07, 6.45) is 3.42. The van der Waals surface area contributed by atoms with Crippen LogP contribution in [0.1, 0.15) is 30.1 Å². The normalized spacial score (nSPS) is 15.9. The fraction of sp³-hybridized carbons (Fsp3) is 0.438. The van der Waals surface area contributed by atoms with Crippen LogP contribution in [0.5, 0.6) is 0 Å². The largest absolute Gasteiger partial charge is 0.342 e. The molecule has 23 heavy (non-hydrogen) atoms. The highest BCUT2D eigenvalue weighted by Crippen LogP contribution is 2.27. The Morgan fingerprint density at radius 3 is 2.78 bits per heavy atom. The van der Waals surface area contributed by atoms with E-state index in [0.717, 1.165) is 18.7 Å². The van der Waals surface area contributed by atoms with Gasteiger partial charge in [0.15, 0.2) is 0 Å². The predicted molar refractivity (Wildman–Crippen MR) is 84.7 cm³/mol. The summed E-state index contributed by atoms with van der Waals surface area (Å²) in [7, 11) is 1.93. The number of likely N-dealkylation sites (tertiary alicyclic amines) is 1. The molecule has 0 saturated carbocycles. The third kappa shape index (κ3) is 3.37. The van der Waals surface area contributed by atoms with Crippen LogP contribution < -0.4 is 0 Å². The molecule has 0 spiro atoms. The molecule has 1 fully saturated rings. The van der Waals surface area contributed by atoms with Gasteiger partial charge in [0.05, 0.1) is 11.4 Å². The second kappa shape index (κ2) is 6.66. The van der Waals surface area contributed by atoms with E-state index >= 15 is 0 Å². The number of amides is 1. The second-order valence-electron chi connectivity index (χ2n) is 5.84. The fourth-order valence-electron chi connectivity index (χ4n) is 3.01. The third-order valence-corrected chi connectivity index (χ3v) is 4.62. The number of hydrogen-bond donors (Lipinski definition) is 0. The Hall–Kier alpha value is -1.95. The molecule has 0 N–H and O–H groups in total. The van der Waals surface area contributed by atoms with E-state index in [2.05, 4.69) is 10.2 Å². The first-order valence-corrected chi connectivity index (χ1v) is 7.98. The van der Waals surface area contributed by atoms with Crippen molar-refractivity contribution >= 4 is 17.5 Å². The topological polar surface area (TPSA) is 51.0 Å². The second-order valence-corrected chi connectivity index (χ2v) is 6.25. The van der Waals surface area contributed by atoms with Crippen molar-refractivity contribution in [1.29, 1.82) is 0 Å². The maximum Gasteiger partial charge on any atom is 0.227 e. The smallest absolute Gasteiger partial charge is 0.227 e. The van der Waals surface area contributed by atoms with Crippen molar-refractivity contribution in [2.45, 2.75) is 25.2 Å². The van der Waals surface area contributed by atoms with Gasteiger partial charge in [0.25, 0.3) is 0 Å². The maximum absolute atomic E-state index is 13.9. The van der Waals surface area contributed by atoms with Crippen LogP contribution in [0.3, 0.4) is 0 Å². The number of halogens is 2. The monoisotopic (exact) mass is 336 g/mol. The molecule has 1 saturated heterocycles. The minimum absolute atomic E-state index is 0.0427. The average molecular weight is 337 g/mol. The number of rotatable bonds is 3. The van der Waals surface area contributed by atoms with Crippen LogP contribution >= 0.6 is 11.6 Å². The molecule has 0 atom stereocenters. The van der Waals surface area contributed by atoms with Gasteiger partial charge in [0.2, 0.25) is 5.91 Å². The molecule has 5 nitrogen and oxygen atoms in total. The van der Waals surface area contributed by atoms with E-state index in [1.807, 2.05) is 11.6 Å². The maximum atomic E-state index is 13.9. The van der Waals surface area contributed by atoms with E-state index in [1.165, 1.54) is 6.07 Å². The standard InChI is InChI=1S/C16H18ClFN4O/c1-21-10-19-20-16(21)11-5-7-22(8-6-11)14(23)9-12-3-2-4-13(17)15(12)18/h2-4,10-11H,5-9H2,1H3. The van der Waals surface area contributed by atoms with Crippen molar-refractivity contribution in [3.63, 3.8) is 0 Å². The lowest BCUT2D eigenvalue weighted by molar-refractivity contribution is -0.131. The van der Waals surface area contributed by atoms with E-state index in [0.29, 0.717) is 24.6 Å². The van der Waals surface area contributed by atoms with Crippen LogP contribution in [0, 0.1) is 5.82 Å². The third-order valence-electron chi connectivity index (χ3n) is 4.33. The first-order valence-electron chi connectivity index (χ1n) is 7.61. The van der Waals surface area contributed by atoms with Crippen molar-refractivity contribution in [3.05, 3.63) is 46.8 Å². The summed E-state index contributed by atoms with van der Waals surface area (Å²) in [6, 6.07) is 4.75. The summed E-state index contributed by atoms with van der Waals surface area (Å²) in [5, 5.41) is 8.10. The Kier molecular flexibility index (Phi) is 4.61. The molecule has 0 aliphatic carbocycles. The van der Waals surface area contributed by atoms with Gasteiger partial charge in [-0.2, -0.15) is 0 Å². The van der Waals surface area contributed by atoms with Crippen molar-refractivity contribution in [2.24, 2.45) is 7.05 Å². The molecule has 3 rings (SSSR count). The zero-order chi connectivity index (χ0) is 16.4. The van der Waals surface area contributed by atoms with Crippen LogP contribution in [0.15, 0.2) is 24.5 Å². The number of benzene rings is 1. The molecule has 7 heteroatoms. The van der Waals surface area contributed by atoms with Crippen LogP contribution in [-0.4, -0.2) is 38.7 Å². The van der Waals surface area contributed by atoms with Gasteiger partial charge < -0.3 is 9.47 Å². The van der Waals surface area contributed by atoms with E-state index < -0.39 is 5.82 Å².